The first-order valence-corrected chi connectivity index (χ1v) is 8.42. The number of hydrogen-bond donors (Lipinski definition) is 0. The number of hydrogen-bond acceptors (Lipinski definition) is 4. The number of furan rings is 1. The molecule has 1 aliphatic rings. The van der Waals surface area contributed by atoms with Crippen LogP contribution in [0.2, 0.25) is 0 Å². The second kappa shape index (κ2) is 5.22. The van der Waals surface area contributed by atoms with Crippen LogP contribution in [0.25, 0.3) is 0 Å². The number of alkyl halides is 1. The molecule has 1 aliphatic heterocycles. The number of thioether (sulfide) groups is 1. The lowest BCUT2D eigenvalue weighted by Gasteiger charge is -2.25. The van der Waals surface area contributed by atoms with Crippen LogP contribution in [0.5, 0.6) is 0 Å². The second-order valence-electron chi connectivity index (χ2n) is 3.78. The summed E-state index contributed by atoms with van der Waals surface area (Å²) >= 11 is 7.42. The summed E-state index contributed by atoms with van der Waals surface area (Å²) in [6, 6.07) is 1.53. The molecule has 0 amide bonds. The van der Waals surface area contributed by atoms with Crippen LogP contribution in [-0.2, 0) is 15.9 Å². The van der Waals surface area contributed by atoms with Crippen molar-refractivity contribution in [3.63, 3.8) is 0 Å². The molecule has 0 N–H and O–H groups in total. The van der Waals surface area contributed by atoms with Gasteiger partial charge in [0.2, 0.25) is 10.0 Å². The first-order valence-electron chi connectivity index (χ1n) is 5.29. The van der Waals surface area contributed by atoms with Gasteiger partial charge in [0.1, 0.15) is 16.4 Å². The summed E-state index contributed by atoms with van der Waals surface area (Å²) in [7, 11) is -3.41. The van der Waals surface area contributed by atoms with E-state index in [2.05, 4.69) is 0 Å². The van der Waals surface area contributed by atoms with Gasteiger partial charge in [-0.3, -0.25) is 0 Å². The molecule has 0 bridgehead atoms. The lowest BCUT2D eigenvalue weighted by molar-refractivity contribution is 0.439. The van der Waals surface area contributed by atoms with E-state index in [0.29, 0.717) is 24.6 Å². The summed E-state index contributed by atoms with van der Waals surface area (Å²) in [5, 5.41) is 0. The third kappa shape index (κ3) is 2.65. The molecule has 2 heterocycles. The van der Waals surface area contributed by atoms with Gasteiger partial charge in [0.25, 0.3) is 0 Å². The van der Waals surface area contributed by atoms with E-state index in [4.69, 9.17) is 16.0 Å². The molecule has 0 saturated carbocycles. The fraction of sp³-hybridized carbons (Fsp3) is 0.600. The number of nitrogens with zero attached hydrogens (tertiary/aromatic N) is 1. The maximum Gasteiger partial charge on any atom is 0.246 e. The zero-order valence-corrected chi connectivity index (χ0v) is 11.9. The molecule has 1 fully saturated rings. The Morgan fingerprint density at radius 2 is 2.12 bits per heavy atom. The first-order chi connectivity index (χ1) is 8.05. The fourth-order valence-corrected chi connectivity index (χ4v) is 4.66. The third-order valence-corrected chi connectivity index (χ3v) is 5.85. The number of halogens is 1. The quantitative estimate of drug-likeness (QED) is 0.801. The van der Waals surface area contributed by atoms with Crippen LogP contribution < -0.4 is 0 Å². The van der Waals surface area contributed by atoms with Crippen LogP contribution in [-0.4, -0.2) is 37.3 Å². The van der Waals surface area contributed by atoms with Crippen molar-refractivity contribution in [2.24, 2.45) is 0 Å². The highest BCUT2D eigenvalue weighted by atomic mass is 35.5. The van der Waals surface area contributed by atoms with Crippen molar-refractivity contribution in [3.05, 3.63) is 17.6 Å². The van der Waals surface area contributed by atoms with Crippen molar-refractivity contribution in [3.8, 4) is 0 Å². The van der Waals surface area contributed by atoms with E-state index in [1.165, 1.54) is 10.4 Å². The maximum absolute atomic E-state index is 12.4. The molecule has 17 heavy (non-hydrogen) atoms. The van der Waals surface area contributed by atoms with Gasteiger partial charge in [-0.1, -0.05) is 0 Å². The zero-order chi connectivity index (χ0) is 12.5. The highest BCUT2D eigenvalue weighted by Crippen LogP contribution is 2.26. The smallest absolute Gasteiger partial charge is 0.246 e. The SMILES string of the molecule is Cc1oc(CCl)cc1S(=O)(=O)N1CCSCC1. The molecule has 0 unspecified atom stereocenters. The van der Waals surface area contributed by atoms with Crippen molar-refractivity contribution in [2.45, 2.75) is 17.7 Å². The highest BCUT2D eigenvalue weighted by molar-refractivity contribution is 7.99. The van der Waals surface area contributed by atoms with Gasteiger partial charge in [0, 0.05) is 30.7 Å². The van der Waals surface area contributed by atoms with Crippen molar-refractivity contribution in [1.29, 1.82) is 0 Å². The molecular weight excluding hydrogens is 282 g/mol. The third-order valence-electron chi connectivity index (χ3n) is 2.64. The van der Waals surface area contributed by atoms with Gasteiger partial charge in [0.05, 0.1) is 5.88 Å². The minimum absolute atomic E-state index is 0.187. The van der Waals surface area contributed by atoms with Gasteiger partial charge in [-0.15, -0.1) is 11.6 Å². The van der Waals surface area contributed by atoms with Gasteiger partial charge < -0.3 is 4.42 Å². The topological polar surface area (TPSA) is 50.5 Å². The molecule has 1 aromatic rings. The average molecular weight is 296 g/mol. The molecule has 2 rings (SSSR count). The summed E-state index contributed by atoms with van der Waals surface area (Å²) in [6.07, 6.45) is 0. The molecular formula is C10H14ClNO3S2. The van der Waals surface area contributed by atoms with Gasteiger partial charge in [-0.2, -0.15) is 16.1 Å². The monoisotopic (exact) mass is 295 g/mol. The zero-order valence-electron chi connectivity index (χ0n) is 9.48. The number of aryl methyl sites for hydroxylation is 1. The molecule has 0 atom stereocenters. The summed E-state index contributed by atoms with van der Waals surface area (Å²) in [4.78, 5) is 0.250. The molecule has 0 spiro atoms. The summed E-state index contributed by atoms with van der Waals surface area (Å²) in [6.45, 7) is 2.78. The van der Waals surface area contributed by atoms with E-state index in [1.807, 2.05) is 0 Å². The van der Waals surface area contributed by atoms with E-state index in [9.17, 15) is 8.42 Å². The fourth-order valence-electron chi connectivity index (χ4n) is 1.77. The van der Waals surface area contributed by atoms with Crippen LogP contribution >= 0.6 is 23.4 Å². The molecule has 4 nitrogen and oxygen atoms in total. The van der Waals surface area contributed by atoms with Crippen LogP contribution in [0.15, 0.2) is 15.4 Å². The van der Waals surface area contributed by atoms with Crippen LogP contribution in [0.4, 0.5) is 0 Å². The first kappa shape index (κ1) is 13.3. The van der Waals surface area contributed by atoms with E-state index < -0.39 is 10.0 Å². The molecule has 0 radical (unpaired) electrons. The van der Waals surface area contributed by atoms with Crippen LogP contribution in [0, 0.1) is 6.92 Å². The Morgan fingerprint density at radius 1 is 1.47 bits per heavy atom. The van der Waals surface area contributed by atoms with Gasteiger partial charge >= 0.3 is 0 Å². The van der Waals surface area contributed by atoms with Gasteiger partial charge in [-0.25, -0.2) is 8.42 Å². The van der Waals surface area contributed by atoms with E-state index in [1.54, 1.807) is 18.7 Å². The normalized spacial score (nSPS) is 18.5. The Balaban J connectivity index is 2.33. The molecule has 7 heteroatoms. The molecule has 0 aromatic carbocycles. The Bertz CT molecular complexity index is 492. The summed E-state index contributed by atoms with van der Waals surface area (Å²) < 4.78 is 31.5. The molecule has 0 aliphatic carbocycles. The van der Waals surface area contributed by atoms with Crippen molar-refractivity contribution < 1.29 is 12.8 Å². The lowest BCUT2D eigenvalue weighted by atomic mass is 10.4. The predicted molar refractivity (Wildman–Crippen MR) is 69.1 cm³/mol. The Hall–Kier alpha value is -0.170. The van der Waals surface area contributed by atoms with E-state index >= 15 is 0 Å². The standard InChI is InChI=1S/C10H14ClNO3S2/c1-8-10(6-9(7-11)15-8)17(13,14)12-2-4-16-5-3-12/h6H,2-5,7H2,1H3. The lowest BCUT2D eigenvalue weighted by Crippen LogP contribution is -2.37. The number of sulfonamides is 1. The molecule has 1 aromatic heterocycles. The summed E-state index contributed by atoms with van der Waals surface area (Å²) in [5.74, 6) is 2.79. The van der Waals surface area contributed by atoms with E-state index in [-0.39, 0.29) is 10.8 Å². The van der Waals surface area contributed by atoms with Crippen molar-refractivity contribution in [2.75, 3.05) is 24.6 Å². The molecule has 96 valence electrons. The van der Waals surface area contributed by atoms with Crippen LogP contribution in [0.3, 0.4) is 0 Å². The van der Waals surface area contributed by atoms with E-state index in [0.717, 1.165) is 11.5 Å². The number of rotatable bonds is 3. The largest absolute Gasteiger partial charge is 0.464 e. The van der Waals surface area contributed by atoms with Gasteiger partial charge in [-0.05, 0) is 6.92 Å². The minimum atomic E-state index is -3.41. The average Bonchev–Trinajstić information content (AvgIpc) is 2.72. The van der Waals surface area contributed by atoms with Crippen LogP contribution in [0.1, 0.15) is 11.5 Å². The minimum Gasteiger partial charge on any atom is -0.464 e. The van der Waals surface area contributed by atoms with Crippen molar-refractivity contribution >= 4 is 33.4 Å². The van der Waals surface area contributed by atoms with Crippen molar-refractivity contribution in [1.82, 2.24) is 4.31 Å². The maximum atomic E-state index is 12.4. The van der Waals surface area contributed by atoms with Gasteiger partial charge in [0.15, 0.2) is 0 Å². The Labute approximate surface area is 110 Å². The highest BCUT2D eigenvalue weighted by Gasteiger charge is 2.29. The second-order valence-corrected chi connectivity index (χ2v) is 7.18. The Morgan fingerprint density at radius 3 is 2.65 bits per heavy atom. The Kier molecular flexibility index (Phi) is 4.07. The summed E-state index contributed by atoms with van der Waals surface area (Å²) in [5.41, 5.74) is 0. The molecule has 1 saturated heterocycles. The predicted octanol–water partition coefficient (Wildman–Crippen LogP) is 2.06.